The molecule has 9 nitrogen and oxygen atoms in total. The highest BCUT2D eigenvalue weighted by Crippen LogP contribution is 2.44. The molecule has 0 unspecified atom stereocenters. The molecule has 1 fully saturated rings. The van der Waals surface area contributed by atoms with Crippen molar-refractivity contribution in [2.45, 2.75) is 25.2 Å². The number of anilines is 2. The molecular formula is C32H33N5O4S. The molecule has 0 aliphatic carbocycles. The standard InChI is InChI=1S/C32H33N5O4S/c1-21-29(37-14-11-24(19-28(37)34-21)41-18-17-39-2)27-20-42-31(36-27)32(12-15-40-16-13-32)23-9-7-22(8-10-23)30(38)35-26-6-4-3-5-25(26)33/h3-11,14,19-20H,12-13,15-18,33H2,1-2H3,(H,35,38). The molecule has 4 heterocycles. The second kappa shape index (κ2) is 11.9. The number of pyridine rings is 1. The van der Waals surface area contributed by atoms with Crippen molar-refractivity contribution in [3.05, 3.63) is 94.1 Å². The number of methoxy groups -OCH3 is 1. The molecule has 1 aliphatic heterocycles. The largest absolute Gasteiger partial charge is 0.491 e. The number of thiazole rings is 1. The van der Waals surface area contributed by atoms with E-state index in [2.05, 4.69) is 15.1 Å². The Balaban J connectivity index is 1.29. The number of hydrogen-bond donors (Lipinski definition) is 2. The van der Waals surface area contributed by atoms with Gasteiger partial charge in [-0.25, -0.2) is 9.97 Å². The Hall–Kier alpha value is -4.25. The topological polar surface area (TPSA) is 113 Å². The summed E-state index contributed by atoms with van der Waals surface area (Å²) in [6, 6.07) is 18.9. The minimum absolute atomic E-state index is 0.202. The lowest BCUT2D eigenvalue weighted by Crippen LogP contribution is -2.35. The van der Waals surface area contributed by atoms with Gasteiger partial charge in [0.1, 0.15) is 28.7 Å². The number of nitrogens with zero attached hydrogens (tertiary/aromatic N) is 3. The lowest BCUT2D eigenvalue weighted by molar-refractivity contribution is 0.0630. The Morgan fingerprint density at radius 2 is 1.88 bits per heavy atom. The number of carbonyl (C=O) groups excluding carboxylic acids is 1. The Bertz CT molecular complexity index is 1710. The average Bonchev–Trinajstić information content (AvgIpc) is 3.62. The maximum atomic E-state index is 12.9. The molecule has 216 valence electrons. The molecule has 0 atom stereocenters. The van der Waals surface area contributed by atoms with E-state index in [0.29, 0.717) is 43.4 Å². The third-order valence-corrected chi connectivity index (χ3v) is 8.79. The van der Waals surface area contributed by atoms with E-state index in [0.717, 1.165) is 51.9 Å². The summed E-state index contributed by atoms with van der Waals surface area (Å²) in [5, 5.41) is 6.05. The number of ether oxygens (including phenoxy) is 3. The SMILES string of the molecule is COCCOc1ccn2c(-c3csc(C4(c5ccc(C(=O)Nc6ccccc6N)cc5)CCOCC4)n3)c(C)nc2c1. The van der Waals surface area contributed by atoms with Gasteiger partial charge in [-0.3, -0.25) is 9.20 Å². The van der Waals surface area contributed by atoms with Gasteiger partial charge in [-0.15, -0.1) is 11.3 Å². The van der Waals surface area contributed by atoms with Crippen LogP contribution in [-0.2, 0) is 14.9 Å². The minimum Gasteiger partial charge on any atom is -0.491 e. The maximum absolute atomic E-state index is 12.9. The number of aromatic nitrogens is 3. The average molecular weight is 584 g/mol. The molecule has 10 heteroatoms. The number of nitrogen functional groups attached to an aromatic ring is 1. The molecule has 0 spiro atoms. The van der Waals surface area contributed by atoms with Crippen LogP contribution in [-0.4, -0.2) is 53.8 Å². The Morgan fingerprint density at radius 1 is 1.10 bits per heavy atom. The molecule has 0 radical (unpaired) electrons. The first-order chi connectivity index (χ1) is 20.5. The normalized spacial score (nSPS) is 14.6. The number of benzene rings is 2. The molecule has 2 aromatic carbocycles. The van der Waals surface area contributed by atoms with Crippen molar-refractivity contribution >= 4 is 34.3 Å². The number of carbonyl (C=O) groups is 1. The van der Waals surface area contributed by atoms with Crippen LogP contribution in [0.3, 0.4) is 0 Å². The first-order valence-corrected chi connectivity index (χ1v) is 14.8. The number of nitrogens with two attached hydrogens (primary N) is 1. The van der Waals surface area contributed by atoms with Crippen LogP contribution in [0.15, 0.2) is 72.2 Å². The van der Waals surface area contributed by atoms with Gasteiger partial charge in [-0.1, -0.05) is 24.3 Å². The van der Waals surface area contributed by atoms with Gasteiger partial charge in [0.25, 0.3) is 5.91 Å². The van der Waals surface area contributed by atoms with Crippen LogP contribution >= 0.6 is 11.3 Å². The van der Waals surface area contributed by atoms with Crippen LogP contribution in [0.4, 0.5) is 11.4 Å². The van der Waals surface area contributed by atoms with Gasteiger partial charge in [0.05, 0.1) is 34.8 Å². The van der Waals surface area contributed by atoms with Crippen LogP contribution in [0.25, 0.3) is 17.0 Å². The fourth-order valence-electron chi connectivity index (χ4n) is 5.48. The molecule has 42 heavy (non-hydrogen) atoms. The van der Waals surface area contributed by atoms with Crippen LogP contribution in [0, 0.1) is 6.92 Å². The molecular weight excluding hydrogens is 550 g/mol. The summed E-state index contributed by atoms with van der Waals surface area (Å²) < 4.78 is 18.7. The smallest absolute Gasteiger partial charge is 0.255 e. The fraction of sp³-hybridized carbons (Fsp3) is 0.281. The number of aryl methyl sites for hydroxylation is 1. The van der Waals surface area contributed by atoms with Crippen LogP contribution in [0.1, 0.15) is 39.5 Å². The van der Waals surface area contributed by atoms with Crippen molar-refractivity contribution in [3.8, 4) is 17.1 Å². The quantitative estimate of drug-likeness (QED) is 0.169. The van der Waals surface area contributed by atoms with Crippen LogP contribution in [0.5, 0.6) is 5.75 Å². The van der Waals surface area contributed by atoms with Gasteiger partial charge in [0.15, 0.2) is 0 Å². The monoisotopic (exact) mass is 583 g/mol. The molecule has 0 saturated carbocycles. The molecule has 6 rings (SSSR count). The highest BCUT2D eigenvalue weighted by Gasteiger charge is 2.39. The first-order valence-electron chi connectivity index (χ1n) is 13.9. The predicted molar refractivity (Wildman–Crippen MR) is 164 cm³/mol. The van der Waals surface area contributed by atoms with Crippen molar-refractivity contribution in [1.29, 1.82) is 0 Å². The van der Waals surface area contributed by atoms with E-state index in [1.54, 1.807) is 30.6 Å². The second-order valence-electron chi connectivity index (χ2n) is 10.3. The summed E-state index contributed by atoms with van der Waals surface area (Å²) in [4.78, 5) is 22.9. The summed E-state index contributed by atoms with van der Waals surface area (Å²) in [5.74, 6) is 0.549. The fourth-order valence-corrected chi connectivity index (χ4v) is 6.57. The number of nitrogens with one attached hydrogen (secondary N) is 1. The summed E-state index contributed by atoms with van der Waals surface area (Å²) in [6.45, 7) is 4.30. The van der Waals surface area contributed by atoms with E-state index >= 15 is 0 Å². The highest BCUT2D eigenvalue weighted by molar-refractivity contribution is 7.10. The summed E-state index contributed by atoms with van der Waals surface area (Å²) in [6.07, 6.45) is 3.59. The summed E-state index contributed by atoms with van der Waals surface area (Å²) in [5.41, 5.74) is 12.1. The zero-order valence-electron chi connectivity index (χ0n) is 23.6. The molecule has 5 aromatic rings. The maximum Gasteiger partial charge on any atom is 0.255 e. The molecule has 3 N–H and O–H groups in total. The lowest BCUT2D eigenvalue weighted by atomic mass is 9.74. The molecule has 1 aliphatic rings. The summed E-state index contributed by atoms with van der Waals surface area (Å²) >= 11 is 1.66. The van der Waals surface area contributed by atoms with E-state index in [1.165, 1.54) is 0 Å². The van der Waals surface area contributed by atoms with Crippen molar-refractivity contribution in [2.24, 2.45) is 0 Å². The van der Waals surface area contributed by atoms with E-state index in [1.807, 2.05) is 61.7 Å². The number of fused-ring (bicyclic) bond motifs is 1. The number of para-hydroxylation sites is 2. The molecule has 0 bridgehead atoms. The first kappa shape index (κ1) is 27.9. The Labute approximate surface area is 248 Å². The molecule has 1 saturated heterocycles. The zero-order chi connectivity index (χ0) is 29.1. The van der Waals surface area contributed by atoms with Crippen LogP contribution < -0.4 is 15.8 Å². The van der Waals surface area contributed by atoms with Crippen molar-refractivity contribution in [3.63, 3.8) is 0 Å². The van der Waals surface area contributed by atoms with Gasteiger partial charge in [-0.2, -0.15) is 0 Å². The lowest BCUT2D eigenvalue weighted by Gasteiger charge is -2.36. The number of hydrogen-bond acceptors (Lipinski definition) is 8. The third-order valence-electron chi connectivity index (χ3n) is 7.74. The number of amides is 1. The Kier molecular flexibility index (Phi) is 7.92. The van der Waals surface area contributed by atoms with E-state index in [9.17, 15) is 4.79 Å². The van der Waals surface area contributed by atoms with Gasteiger partial charge in [0.2, 0.25) is 0 Å². The minimum atomic E-state index is -0.309. The summed E-state index contributed by atoms with van der Waals surface area (Å²) in [7, 11) is 1.65. The van der Waals surface area contributed by atoms with Gasteiger partial charge in [0, 0.05) is 43.5 Å². The van der Waals surface area contributed by atoms with Gasteiger partial charge in [-0.05, 0) is 55.7 Å². The predicted octanol–water partition coefficient (Wildman–Crippen LogP) is 5.72. The second-order valence-corrected chi connectivity index (χ2v) is 11.2. The van der Waals surface area contributed by atoms with E-state index in [4.69, 9.17) is 29.9 Å². The van der Waals surface area contributed by atoms with Gasteiger partial charge >= 0.3 is 0 Å². The molecule has 1 amide bonds. The van der Waals surface area contributed by atoms with Gasteiger partial charge < -0.3 is 25.3 Å². The van der Waals surface area contributed by atoms with Crippen LogP contribution in [0.2, 0.25) is 0 Å². The van der Waals surface area contributed by atoms with Crippen molar-refractivity contribution < 1.29 is 19.0 Å². The third kappa shape index (κ3) is 5.36. The highest BCUT2D eigenvalue weighted by atomic mass is 32.1. The Morgan fingerprint density at radius 3 is 2.64 bits per heavy atom. The number of rotatable bonds is 9. The van der Waals surface area contributed by atoms with E-state index in [-0.39, 0.29) is 11.3 Å². The zero-order valence-corrected chi connectivity index (χ0v) is 24.4. The van der Waals surface area contributed by atoms with Crippen molar-refractivity contribution in [2.75, 3.05) is 44.6 Å². The molecule has 3 aromatic heterocycles. The van der Waals surface area contributed by atoms with E-state index < -0.39 is 0 Å². The van der Waals surface area contributed by atoms with Crippen molar-refractivity contribution in [1.82, 2.24) is 14.4 Å². The number of imidazole rings is 1.